The molecular weight excluding hydrogens is 492 g/mol. The molecule has 0 saturated heterocycles. The number of rotatable bonds is 5. The molecule has 36 heavy (non-hydrogen) atoms. The molecule has 0 aliphatic carbocycles. The maximum atomic E-state index is 13.3. The van der Waals surface area contributed by atoms with Gasteiger partial charge in [-0.3, -0.25) is 25.0 Å². The number of aromatic nitrogens is 3. The lowest BCUT2D eigenvalue weighted by molar-refractivity contribution is 0.0241. The highest BCUT2D eigenvalue weighted by Gasteiger charge is 2.31. The van der Waals surface area contributed by atoms with E-state index in [4.69, 9.17) is 9.47 Å². The van der Waals surface area contributed by atoms with Gasteiger partial charge in [0.1, 0.15) is 17.0 Å². The van der Waals surface area contributed by atoms with Gasteiger partial charge in [0.2, 0.25) is 0 Å². The molecular formula is C24H25F2N5O4S. The lowest BCUT2D eigenvalue weighted by Crippen LogP contribution is -2.33. The highest BCUT2D eigenvalue weighted by molar-refractivity contribution is 7.16. The summed E-state index contributed by atoms with van der Waals surface area (Å²) < 4.78 is 37.4. The molecule has 12 heteroatoms. The molecule has 4 heterocycles. The van der Waals surface area contributed by atoms with E-state index in [0.717, 1.165) is 4.88 Å². The van der Waals surface area contributed by atoms with Crippen LogP contribution in [-0.2, 0) is 17.8 Å². The maximum absolute atomic E-state index is 13.3. The third-order valence-corrected chi connectivity index (χ3v) is 6.23. The molecule has 3 aromatic heterocycles. The number of fused-ring (bicyclic) bond motifs is 1. The summed E-state index contributed by atoms with van der Waals surface area (Å²) >= 11 is 1.26. The molecule has 3 aromatic rings. The summed E-state index contributed by atoms with van der Waals surface area (Å²) in [5.74, 6) is -0.263. The van der Waals surface area contributed by atoms with Gasteiger partial charge >= 0.3 is 6.09 Å². The predicted octanol–water partition coefficient (Wildman–Crippen LogP) is 5.36. The molecule has 9 nitrogen and oxygen atoms in total. The van der Waals surface area contributed by atoms with Gasteiger partial charge in [-0.2, -0.15) is 0 Å². The van der Waals surface area contributed by atoms with E-state index < -0.39 is 29.7 Å². The number of halogens is 2. The molecule has 2 amide bonds. The Morgan fingerprint density at radius 2 is 1.89 bits per heavy atom. The molecule has 0 bridgehead atoms. The summed E-state index contributed by atoms with van der Waals surface area (Å²) in [5.41, 5.74) is 1.07. The number of nitrogens with one attached hydrogen (secondary N) is 1. The van der Waals surface area contributed by atoms with E-state index >= 15 is 0 Å². The largest absolute Gasteiger partial charge is 0.494 e. The van der Waals surface area contributed by atoms with E-state index in [2.05, 4.69) is 20.3 Å². The Labute approximate surface area is 210 Å². The summed E-state index contributed by atoms with van der Waals surface area (Å²) in [6.07, 6.45) is -0.625. The number of amides is 2. The van der Waals surface area contributed by atoms with E-state index in [9.17, 15) is 18.4 Å². The van der Waals surface area contributed by atoms with Crippen molar-refractivity contribution in [1.29, 1.82) is 0 Å². The Kier molecular flexibility index (Phi) is 6.90. The first kappa shape index (κ1) is 25.4. The third-order valence-electron chi connectivity index (χ3n) is 5.23. The average molecular weight is 518 g/mol. The summed E-state index contributed by atoms with van der Waals surface area (Å²) in [7, 11) is 1.40. The number of ether oxygens (including phenoxy) is 2. The first-order valence-electron chi connectivity index (χ1n) is 11.0. The normalized spacial score (nSPS) is 13.1. The molecule has 0 atom stereocenters. The molecule has 0 aromatic carbocycles. The van der Waals surface area contributed by atoms with Crippen molar-refractivity contribution in [3.05, 3.63) is 52.0 Å². The minimum atomic E-state index is -2.78. The van der Waals surface area contributed by atoms with E-state index in [-0.39, 0.29) is 17.9 Å². The monoisotopic (exact) mass is 517 g/mol. The lowest BCUT2D eigenvalue weighted by atomic mass is 9.99. The molecule has 0 spiro atoms. The van der Waals surface area contributed by atoms with Crippen molar-refractivity contribution in [2.75, 3.05) is 12.4 Å². The minimum Gasteiger partial charge on any atom is -0.494 e. The fraction of sp³-hybridized carbons (Fsp3) is 0.375. The first-order valence-corrected chi connectivity index (χ1v) is 11.8. The Bertz CT molecular complexity index is 1300. The van der Waals surface area contributed by atoms with Gasteiger partial charge in [0.15, 0.2) is 5.13 Å². The number of aryl methyl sites for hydroxylation is 1. The number of methoxy groups -OCH3 is 1. The van der Waals surface area contributed by atoms with Gasteiger partial charge in [-0.15, -0.1) is 0 Å². The van der Waals surface area contributed by atoms with Crippen LogP contribution in [0.2, 0.25) is 0 Å². The lowest BCUT2D eigenvalue weighted by Gasteiger charge is -2.24. The van der Waals surface area contributed by atoms with Crippen molar-refractivity contribution in [2.24, 2.45) is 0 Å². The van der Waals surface area contributed by atoms with Crippen LogP contribution in [0.4, 0.5) is 18.7 Å². The fourth-order valence-electron chi connectivity index (χ4n) is 3.63. The quantitative estimate of drug-likeness (QED) is 0.486. The smallest absolute Gasteiger partial charge is 0.410 e. The van der Waals surface area contributed by atoms with Crippen molar-refractivity contribution in [3.63, 3.8) is 0 Å². The molecule has 0 unspecified atom stereocenters. The minimum absolute atomic E-state index is 0.163. The maximum Gasteiger partial charge on any atom is 0.410 e. The van der Waals surface area contributed by atoms with Gasteiger partial charge in [-0.05, 0) is 39.8 Å². The number of hydrogen-bond acceptors (Lipinski definition) is 8. The molecule has 1 N–H and O–H groups in total. The van der Waals surface area contributed by atoms with Crippen LogP contribution in [0, 0.1) is 6.92 Å². The number of anilines is 1. The van der Waals surface area contributed by atoms with Crippen LogP contribution >= 0.6 is 11.3 Å². The van der Waals surface area contributed by atoms with Gasteiger partial charge < -0.3 is 9.47 Å². The Hall–Kier alpha value is -3.67. The Balaban J connectivity index is 1.57. The topological polar surface area (TPSA) is 107 Å². The van der Waals surface area contributed by atoms with E-state index in [0.29, 0.717) is 34.2 Å². The first-order chi connectivity index (χ1) is 16.9. The van der Waals surface area contributed by atoms with Crippen molar-refractivity contribution in [2.45, 2.75) is 52.8 Å². The van der Waals surface area contributed by atoms with Gasteiger partial charge in [0.25, 0.3) is 12.3 Å². The average Bonchev–Trinajstić information content (AvgIpc) is 3.36. The summed E-state index contributed by atoms with van der Waals surface area (Å²) in [4.78, 5) is 40.3. The molecule has 190 valence electrons. The number of hydrogen-bond donors (Lipinski definition) is 1. The molecule has 0 fully saturated rings. The second kappa shape index (κ2) is 9.76. The van der Waals surface area contributed by atoms with Crippen molar-refractivity contribution >= 4 is 28.5 Å². The van der Waals surface area contributed by atoms with Crippen molar-refractivity contribution in [3.8, 4) is 16.9 Å². The van der Waals surface area contributed by atoms with Gasteiger partial charge in [-0.1, -0.05) is 11.3 Å². The molecule has 0 saturated carbocycles. The van der Waals surface area contributed by atoms with Gasteiger partial charge in [0.05, 0.1) is 42.5 Å². The number of thiazole rings is 1. The molecule has 1 aliphatic rings. The van der Waals surface area contributed by atoms with Crippen LogP contribution < -0.4 is 10.1 Å². The number of alkyl halides is 2. The van der Waals surface area contributed by atoms with E-state index in [1.807, 2.05) is 0 Å². The third kappa shape index (κ3) is 5.43. The zero-order chi connectivity index (χ0) is 26.2. The van der Waals surface area contributed by atoms with Crippen LogP contribution in [-0.4, -0.2) is 44.6 Å². The fourth-order valence-corrected chi connectivity index (χ4v) is 4.61. The summed E-state index contributed by atoms with van der Waals surface area (Å²) in [6.45, 7) is 7.74. The summed E-state index contributed by atoms with van der Waals surface area (Å²) in [5, 5.41) is 3.12. The highest BCUT2D eigenvalue weighted by atomic mass is 32.1. The van der Waals surface area contributed by atoms with Crippen molar-refractivity contribution < 1.29 is 27.8 Å². The number of nitrogens with zero attached hydrogens (tertiary/aromatic N) is 4. The van der Waals surface area contributed by atoms with Crippen LogP contribution in [0.3, 0.4) is 0 Å². The standard InChI is InChI=1S/C24H25F2N5O4S/c1-12-6-13(14-7-16(20(25)26)28-9-18(14)34-5)15(8-27-12)21(32)30-22-29-17-10-31(11-19(17)36-22)23(33)35-24(2,3)4/h6-9,20H,10-11H2,1-5H3,(H,29,30,32). The van der Waals surface area contributed by atoms with Gasteiger partial charge in [0, 0.05) is 23.0 Å². The number of carbonyl (C=O) groups excluding carboxylic acids is 2. The van der Waals surface area contributed by atoms with Gasteiger partial charge in [-0.25, -0.2) is 18.6 Å². The zero-order valence-electron chi connectivity index (χ0n) is 20.4. The predicted molar refractivity (Wildman–Crippen MR) is 129 cm³/mol. The SMILES string of the molecule is COc1cnc(C(F)F)cc1-c1cc(C)ncc1C(=O)Nc1nc2c(s1)CN(C(=O)OC(C)(C)C)C2. The van der Waals surface area contributed by atoms with Crippen LogP contribution in [0.25, 0.3) is 11.1 Å². The second-order valence-corrected chi connectivity index (χ2v) is 10.2. The number of pyridine rings is 2. The zero-order valence-corrected chi connectivity index (χ0v) is 21.2. The molecule has 4 rings (SSSR count). The van der Waals surface area contributed by atoms with Crippen molar-refractivity contribution in [1.82, 2.24) is 19.9 Å². The molecule has 1 aliphatic heterocycles. The van der Waals surface area contributed by atoms with Crippen LogP contribution in [0.1, 0.15) is 59.5 Å². The van der Waals surface area contributed by atoms with E-state index in [1.165, 1.54) is 36.9 Å². The second-order valence-electron chi connectivity index (χ2n) is 9.16. The van der Waals surface area contributed by atoms with Crippen LogP contribution in [0.15, 0.2) is 24.5 Å². The Morgan fingerprint density at radius 1 is 1.14 bits per heavy atom. The molecule has 0 radical (unpaired) electrons. The highest BCUT2D eigenvalue weighted by Crippen LogP contribution is 2.36. The van der Waals surface area contributed by atoms with E-state index in [1.54, 1.807) is 38.7 Å². The number of carbonyl (C=O) groups is 2. The summed E-state index contributed by atoms with van der Waals surface area (Å²) in [6, 6.07) is 2.83. The van der Waals surface area contributed by atoms with Crippen LogP contribution in [0.5, 0.6) is 5.75 Å². The Morgan fingerprint density at radius 3 is 2.53 bits per heavy atom.